The molecule has 1 aromatic heterocycles. The lowest BCUT2D eigenvalue weighted by atomic mass is 9.93. The second kappa shape index (κ2) is 14.6. The van der Waals surface area contributed by atoms with Crippen LogP contribution < -0.4 is 15.4 Å². The second-order valence-electron chi connectivity index (χ2n) is 14.9. The molecule has 3 N–H and O–H groups in total. The van der Waals surface area contributed by atoms with Gasteiger partial charge in [0.2, 0.25) is 21.8 Å². The zero-order valence-electron chi connectivity index (χ0n) is 29.8. The molecule has 2 aromatic rings. The van der Waals surface area contributed by atoms with E-state index in [1.807, 2.05) is 35.7 Å². The number of carbonyl (C=O) groups is 4. The first-order valence-corrected chi connectivity index (χ1v) is 21.0. The number of allylic oxidation sites excluding steroid dienone is 1. The van der Waals surface area contributed by atoms with Gasteiger partial charge >= 0.3 is 6.09 Å². The van der Waals surface area contributed by atoms with Gasteiger partial charge in [-0.25, -0.2) is 18.2 Å². The van der Waals surface area contributed by atoms with Gasteiger partial charge in [-0.2, -0.15) is 0 Å². The van der Waals surface area contributed by atoms with Crippen LogP contribution in [-0.4, -0.2) is 89.1 Å². The van der Waals surface area contributed by atoms with Crippen LogP contribution in [0.4, 0.5) is 9.93 Å². The Morgan fingerprint density at radius 2 is 2.02 bits per heavy atom. The van der Waals surface area contributed by atoms with E-state index in [2.05, 4.69) is 28.0 Å². The van der Waals surface area contributed by atoms with Crippen LogP contribution in [0.2, 0.25) is 0 Å². The average Bonchev–Trinajstić information content (AvgIpc) is 3.98. The fourth-order valence-corrected chi connectivity index (χ4v) is 10.0. The number of sulfonamides is 1. The Balaban J connectivity index is 1.10. The Morgan fingerprint density at radius 1 is 1.17 bits per heavy atom. The second-order valence-corrected chi connectivity index (χ2v) is 17.8. The van der Waals surface area contributed by atoms with E-state index in [0.29, 0.717) is 49.8 Å². The summed E-state index contributed by atoms with van der Waals surface area (Å²) in [6.07, 6.45) is 10.6. The minimum absolute atomic E-state index is 0.0145. The van der Waals surface area contributed by atoms with E-state index >= 15 is 0 Å². The van der Waals surface area contributed by atoms with Gasteiger partial charge in [0.1, 0.15) is 23.7 Å². The Hall–Kier alpha value is -4.54. The predicted molar refractivity (Wildman–Crippen MR) is 200 cm³/mol. The Kier molecular flexibility index (Phi) is 9.85. The van der Waals surface area contributed by atoms with Crippen molar-refractivity contribution in [2.45, 2.75) is 100 Å². The van der Waals surface area contributed by atoms with Gasteiger partial charge in [-0.3, -0.25) is 24.0 Å². The van der Waals surface area contributed by atoms with Crippen molar-refractivity contribution in [3.63, 3.8) is 0 Å². The van der Waals surface area contributed by atoms with Crippen molar-refractivity contribution in [2.24, 2.45) is 5.92 Å². The Morgan fingerprint density at radius 3 is 2.78 bits per heavy atom. The Bertz CT molecular complexity index is 2040. The molecule has 8 rings (SSSR count). The van der Waals surface area contributed by atoms with Crippen molar-refractivity contribution in [2.75, 3.05) is 18.5 Å². The van der Waals surface area contributed by atoms with Crippen LogP contribution in [0.15, 0.2) is 54.0 Å². The van der Waals surface area contributed by atoms with Gasteiger partial charge in [-0.15, -0.1) is 17.9 Å². The van der Waals surface area contributed by atoms with Crippen molar-refractivity contribution in [1.82, 2.24) is 24.8 Å². The maximum atomic E-state index is 14.8. The van der Waals surface area contributed by atoms with Crippen LogP contribution in [0.1, 0.15) is 73.8 Å². The number of benzene rings is 1. The highest BCUT2D eigenvalue weighted by atomic mass is 32.2. The molecule has 3 aliphatic carbocycles. The van der Waals surface area contributed by atoms with Crippen LogP contribution in [0.25, 0.3) is 6.08 Å². The third-order valence-corrected chi connectivity index (χ3v) is 13.8. The number of fused-ring (bicyclic) bond motifs is 5. The fourth-order valence-electron chi connectivity index (χ4n) is 7.92. The predicted octanol–water partition coefficient (Wildman–Crippen LogP) is 3.76. The Labute approximate surface area is 318 Å². The molecular weight excluding hydrogens is 733 g/mol. The molecular formula is C38H44N6O8S2. The molecule has 6 aliphatic rings. The van der Waals surface area contributed by atoms with E-state index in [0.717, 1.165) is 41.5 Å². The summed E-state index contributed by atoms with van der Waals surface area (Å²) in [4.78, 5) is 64.1. The van der Waals surface area contributed by atoms with E-state index in [9.17, 15) is 27.6 Å². The van der Waals surface area contributed by atoms with Crippen LogP contribution in [0.5, 0.6) is 0 Å². The summed E-state index contributed by atoms with van der Waals surface area (Å²) < 4.78 is 39.6. The number of nitrogens with one attached hydrogen (secondary N) is 3. The maximum absolute atomic E-state index is 14.8. The molecule has 3 aliphatic heterocycles. The number of anilines is 1. The molecule has 5 atom stereocenters. The first-order valence-electron chi connectivity index (χ1n) is 18.6. The third kappa shape index (κ3) is 7.30. The lowest BCUT2D eigenvalue weighted by molar-refractivity contribution is -0.139. The number of ether oxygens (including phenoxy) is 2. The molecule has 3 fully saturated rings. The molecule has 0 radical (unpaired) electrons. The van der Waals surface area contributed by atoms with Gasteiger partial charge in [0, 0.05) is 24.3 Å². The minimum Gasteiger partial charge on any atom is -0.444 e. The number of aromatic nitrogens is 1. The van der Waals surface area contributed by atoms with Crippen LogP contribution in [-0.2, 0) is 53.6 Å². The minimum atomic E-state index is -3.89. The first-order chi connectivity index (χ1) is 26.0. The zero-order chi connectivity index (χ0) is 37.6. The lowest BCUT2D eigenvalue weighted by Gasteiger charge is -2.31. The van der Waals surface area contributed by atoms with Crippen LogP contribution in [0, 0.1) is 5.92 Å². The highest BCUT2D eigenvalue weighted by Gasteiger charge is 2.62. The summed E-state index contributed by atoms with van der Waals surface area (Å²) >= 11 is 1.35. The van der Waals surface area contributed by atoms with E-state index in [1.165, 1.54) is 22.3 Å². The molecule has 1 saturated heterocycles. The molecule has 6 bridgehead atoms. The van der Waals surface area contributed by atoms with Gasteiger partial charge in [0.15, 0.2) is 5.13 Å². The molecule has 0 spiro atoms. The van der Waals surface area contributed by atoms with Gasteiger partial charge < -0.3 is 25.0 Å². The number of nitrogens with zero attached hydrogens (tertiary/aromatic N) is 3. The van der Waals surface area contributed by atoms with E-state index in [4.69, 9.17) is 14.5 Å². The summed E-state index contributed by atoms with van der Waals surface area (Å²) in [5.74, 6) is -2.36. The monoisotopic (exact) mass is 776 g/mol. The van der Waals surface area contributed by atoms with Gasteiger partial charge in [-0.1, -0.05) is 42.5 Å². The van der Waals surface area contributed by atoms with Crippen LogP contribution in [0.3, 0.4) is 0 Å². The highest BCUT2D eigenvalue weighted by Crippen LogP contribution is 2.45. The van der Waals surface area contributed by atoms with Gasteiger partial charge in [-0.05, 0) is 67.2 Å². The van der Waals surface area contributed by atoms with E-state index in [-0.39, 0.29) is 26.0 Å². The topological polar surface area (TPSA) is 176 Å². The molecule has 286 valence electrons. The molecule has 16 heteroatoms. The fraction of sp³-hybridized carbons (Fsp3) is 0.500. The van der Waals surface area contributed by atoms with Crippen molar-refractivity contribution in [3.05, 3.63) is 76.3 Å². The van der Waals surface area contributed by atoms with Crippen molar-refractivity contribution < 1.29 is 37.1 Å². The van der Waals surface area contributed by atoms with Crippen LogP contribution >= 0.6 is 11.3 Å². The third-order valence-electron chi connectivity index (χ3n) is 11.2. The number of hydrogen-bond donors (Lipinski definition) is 3. The molecule has 2 saturated carbocycles. The molecule has 4 amide bonds. The highest BCUT2D eigenvalue weighted by molar-refractivity contribution is 7.91. The maximum Gasteiger partial charge on any atom is 0.410 e. The molecule has 1 aromatic carbocycles. The standard InChI is InChI=1S/C38H44N6O8S2/c1-2-26-17-38(26,35(47)42-54(49,50)29-13-14-29)41-33(45)31-16-28-19-44(31)34(46)32(24-8-4-3-5-9-24)40-36-39-27(22-53-36)21-51-15-7-12-23-10-6-11-25-18-43(20-30(23)25)37(48)52-28/h2,6-8,10-12,22,26,28-29,31-32H,1,3-5,9,13-21H2,(H,39,40)(H,41,45)(H,42,47)/b12-7-/t26-,28-,31+,32+,38-/m1/s1. The number of amides is 4. The average molecular weight is 777 g/mol. The van der Waals surface area contributed by atoms with Gasteiger partial charge in [0.25, 0.3) is 5.91 Å². The lowest BCUT2D eigenvalue weighted by Crippen LogP contribution is -2.57. The number of hydrogen-bond acceptors (Lipinski definition) is 11. The molecule has 14 nitrogen and oxygen atoms in total. The van der Waals surface area contributed by atoms with E-state index < -0.39 is 68.7 Å². The molecule has 4 heterocycles. The summed E-state index contributed by atoms with van der Waals surface area (Å²) in [5.41, 5.74) is 3.03. The quantitative estimate of drug-likeness (QED) is 0.351. The van der Waals surface area contributed by atoms with Crippen molar-refractivity contribution in [3.8, 4) is 0 Å². The van der Waals surface area contributed by atoms with Crippen molar-refractivity contribution >= 4 is 56.4 Å². The number of thiazole rings is 1. The number of carbonyl (C=O) groups excluding carboxylic acids is 4. The summed E-state index contributed by atoms with van der Waals surface area (Å²) in [6, 6.07) is 3.94. The van der Waals surface area contributed by atoms with Crippen molar-refractivity contribution in [1.29, 1.82) is 0 Å². The summed E-state index contributed by atoms with van der Waals surface area (Å²) in [5, 5.41) is 7.94. The smallest absolute Gasteiger partial charge is 0.410 e. The normalized spacial score (nSPS) is 29.0. The van der Waals surface area contributed by atoms with Gasteiger partial charge in [0.05, 0.1) is 37.2 Å². The molecule has 0 unspecified atom stereocenters. The summed E-state index contributed by atoms with van der Waals surface area (Å²) in [6.45, 7) is 5.05. The zero-order valence-corrected chi connectivity index (χ0v) is 31.5. The number of rotatable bonds is 7. The summed E-state index contributed by atoms with van der Waals surface area (Å²) in [7, 11) is -3.89. The largest absolute Gasteiger partial charge is 0.444 e. The molecule has 54 heavy (non-hydrogen) atoms. The first kappa shape index (κ1) is 36.4. The van der Waals surface area contributed by atoms with E-state index in [1.54, 1.807) is 4.90 Å². The SMILES string of the molecule is C=C[C@@H]1C[C@]1(NC(=O)[C@@H]1C[C@@H]2CN1C(=O)[C@H](C1=CCCCC1)Nc1nc(cs1)COC/C=C\c1cccc3c1CN(C3)C(=O)O2)C(=O)NS(=O)(=O)C1CC1.